The third-order valence-corrected chi connectivity index (χ3v) is 1.87. The van der Waals surface area contributed by atoms with Crippen LogP contribution in [0.25, 0.3) is 0 Å². The zero-order valence-electron chi connectivity index (χ0n) is 7.16. The lowest BCUT2D eigenvalue weighted by Crippen LogP contribution is -2.43. The molecular weight excluding hydrogens is 152 g/mol. The van der Waals surface area contributed by atoms with Crippen molar-refractivity contribution >= 4 is 5.91 Å². The van der Waals surface area contributed by atoms with E-state index in [1.165, 1.54) is 0 Å². The molecule has 0 saturated heterocycles. The number of rotatable bonds is 3. The van der Waals surface area contributed by atoms with Gasteiger partial charge in [0.15, 0.2) is 0 Å². The van der Waals surface area contributed by atoms with Crippen LogP contribution in [0.2, 0.25) is 0 Å². The van der Waals surface area contributed by atoms with E-state index >= 15 is 0 Å². The first kappa shape index (κ1) is 9.00. The summed E-state index contributed by atoms with van der Waals surface area (Å²) in [6.45, 7) is 1.77. The summed E-state index contributed by atoms with van der Waals surface area (Å²) < 4.78 is 0. The maximum Gasteiger partial charge on any atom is 0.234 e. The zero-order chi connectivity index (χ0) is 8.97. The maximum absolute atomic E-state index is 10.7. The zero-order valence-corrected chi connectivity index (χ0v) is 7.16. The topological polar surface area (TPSA) is 55.1 Å². The number of carbonyl (C=O) groups excluding carboxylic acids is 1. The van der Waals surface area contributed by atoms with Crippen molar-refractivity contribution in [3.8, 4) is 0 Å². The summed E-state index contributed by atoms with van der Waals surface area (Å²) in [5.41, 5.74) is 5.11. The predicted octanol–water partition coefficient (Wildman–Crippen LogP) is 0.335. The Balaban J connectivity index is 2.36. The summed E-state index contributed by atoms with van der Waals surface area (Å²) in [6.07, 6.45) is 8.97. The molecule has 0 aromatic carbocycles. The SMILES string of the molecule is C[C@H](NC1C=CC=CC1)C(N)=O. The minimum atomic E-state index is -0.307. The van der Waals surface area contributed by atoms with Crippen molar-refractivity contribution in [2.24, 2.45) is 5.73 Å². The van der Waals surface area contributed by atoms with Crippen LogP contribution in [0, 0.1) is 0 Å². The van der Waals surface area contributed by atoms with Crippen LogP contribution in [-0.2, 0) is 4.79 Å². The van der Waals surface area contributed by atoms with Gasteiger partial charge in [-0.15, -0.1) is 0 Å². The number of allylic oxidation sites excluding steroid dienone is 2. The number of primary amides is 1. The highest BCUT2D eigenvalue weighted by Crippen LogP contribution is 2.03. The Kier molecular flexibility index (Phi) is 3.05. The summed E-state index contributed by atoms with van der Waals surface area (Å²) in [5.74, 6) is -0.307. The number of carbonyl (C=O) groups is 1. The lowest BCUT2D eigenvalue weighted by Gasteiger charge is -2.18. The fourth-order valence-corrected chi connectivity index (χ4v) is 1.11. The Hall–Kier alpha value is -1.09. The molecular formula is C9H14N2O. The second-order valence-electron chi connectivity index (χ2n) is 2.95. The molecule has 1 aliphatic rings. The third-order valence-electron chi connectivity index (χ3n) is 1.87. The van der Waals surface area contributed by atoms with Crippen LogP contribution in [-0.4, -0.2) is 18.0 Å². The molecule has 0 spiro atoms. The number of amides is 1. The molecule has 12 heavy (non-hydrogen) atoms. The van der Waals surface area contributed by atoms with Crippen molar-refractivity contribution in [2.75, 3.05) is 0 Å². The first-order valence-corrected chi connectivity index (χ1v) is 4.09. The Labute approximate surface area is 72.3 Å². The molecule has 0 aliphatic heterocycles. The van der Waals surface area contributed by atoms with E-state index in [-0.39, 0.29) is 18.0 Å². The van der Waals surface area contributed by atoms with Crippen molar-refractivity contribution < 1.29 is 4.79 Å². The second-order valence-corrected chi connectivity index (χ2v) is 2.95. The predicted molar refractivity (Wildman–Crippen MR) is 48.5 cm³/mol. The fourth-order valence-electron chi connectivity index (χ4n) is 1.11. The van der Waals surface area contributed by atoms with Gasteiger partial charge in [-0.2, -0.15) is 0 Å². The monoisotopic (exact) mass is 166 g/mol. The summed E-state index contributed by atoms with van der Waals surface area (Å²) in [4.78, 5) is 10.7. The van der Waals surface area contributed by atoms with E-state index < -0.39 is 0 Å². The lowest BCUT2D eigenvalue weighted by atomic mass is 10.1. The molecule has 66 valence electrons. The lowest BCUT2D eigenvalue weighted by molar-refractivity contribution is -0.119. The molecule has 0 fully saturated rings. The van der Waals surface area contributed by atoms with Gasteiger partial charge in [0.25, 0.3) is 0 Å². The number of nitrogens with one attached hydrogen (secondary N) is 1. The van der Waals surface area contributed by atoms with Crippen LogP contribution >= 0.6 is 0 Å². The van der Waals surface area contributed by atoms with Gasteiger partial charge in [0.05, 0.1) is 6.04 Å². The minimum Gasteiger partial charge on any atom is -0.368 e. The molecule has 0 aromatic rings. The van der Waals surface area contributed by atoms with E-state index in [1.54, 1.807) is 6.92 Å². The van der Waals surface area contributed by atoms with Crippen LogP contribution in [0.15, 0.2) is 24.3 Å². The van der Waals surface area contributed by atoms with Gasteiger partial charge in [-0.1, -0.05) is 24.3 Å². The summed E-state index contributed by atoms with van der Waals surface area (Å²) in [6, 6.07) is -0.0105. The second kappa shape index (κ2) is 4.07. The van der Waals surface area contributed by atoms with Gasteiger partial charge in [0.2, 0.25) is 5.91 Å². The molecule has 0 aromatic heterocycles. The average Bonchev–Trinajstić information content (AvgIpc) is 2.06. The molecule has 1 aliphatic carbocycles. The smallest absolute Gasteiger partial charge is 0.234 e. The van der Waals surface area contributed by atoms with E-state index in [0.29, 0.717) is 0 Å². The highest BCUT2D eigenvalue weighted by atomic mass is 16.1. The Bertz CT molecular complexity index is 221. The van der Waals surface area contributed by atoms with E-state index in [4.69, 9.17) is 5.73 Å². The first-order chi connectivity index (χ1) is 5.70. The molecule has 3 heteroatoms. The Morgan fingerprint density at radius 3 is 2.92 bits per heavy atom. The molecule has 1 rings (SSSR count). The Morgan fingerprint density at radius 2 is 2.42 bits per heavy atom. The van der Waals surface area contributed by atoms with Gasteiger partial charge in [0.1, 0.15) is 0 Å². The van der Waals surface area contributed by atoms with Crippen molar-refractivity contribution in [3.05, 3.63) is 24.3 Å². The number of nitrogens with two attached hydrogens (primary N) is 1. The first-order valence-electron chi connectivity index (χ1n) is 4.09. The van der Waals surface area contributed by atoms with Gasteiger partial charge in [0, 0.05) is 6.04 Å². The highest BCUT2D eigenvalue weighted by Gasteiger charge is 2.12. The van der Waals surface area contributed by atoms with Crippen molar-refractivity contribution in [2.45, 2.75) is 25.4 Å². The van der Waals surface area contributed by atoms with Gasteiger partial charge in [-0.05, 0) is 13.3 Å². The molecule has 1 unspecified atom stereocenters. The van der Waals surface area contributed by atoms with E-state index in [2.05, 4.69) is 11.4 Å². The van der Waals surface area contributed by atoms with E-state index in [9.17, 15) is 4.79 Å². The van der Waals surface area contributed by atoms with Gasteiger partial charge >= 0.3 is 0 Å². The summed E-state index contributed by atoms with van der Waals surface area (Å²) in [7, 11) is 0. The van der Waals surface area contributed by atoms with Crippen molar-refractivity contribution in [1.29, 1.82) is 0 Å². The molecule has 2 atom stereocenters. The highest BCUT2D eigenvalue weighted by molar-refractivity contribution is 5.79. The van der Waals surface area contributed by atoms with Gasteiger partial charge < -0.3 is 5.73 Å². The largest absolute Gasteiger partial charge is 0.368 e. The van der Waals surface area contributed by atoms with Crippen LogP contribution in [0.5, 0.6) is 0 Å². The third kappa shape index (κ3) is 2.51. The maximum atomic E-state index is 10.7. The van der Waals surface area contributed by atoms with E-state index in [0.717, 1.165) is 6.42 Å². The molecule has 0 bridgehead atoms. The standard InChI is InChI=1S/C9H14N2O/c1-7(9(10)12)11-8-5-3-2-4-6-8/h2-5,7-8,11H,6H2,1H3,(H2,10,12)/t7-,8?/m0/s1. The molecule has 0 saturated carbocycles. The van der Waals surface area contributed by atoms with Crippen LogP contribution in [0.1, 0.15) is 13.3 Å². The number of hydrogen-bond donors (Lipinski definition) is 2. The fraction of sp³-hybridized carbons (Fsp3) is 0.444. The number of hydrogen-bond acceptors (Lipinski definition) is 2. The average molecular weight is 166 g/mol. The quantitative estimate of drug-likeness (QED) is 0.635. The minimum absolute atomic E-state index is 0.248. The summed E-state index contributed by atoms with van der Waals surface area (Å²) in [5, 5.41) is 3.11. The van der Waals surface area contributed by atoms with Crippen LogP contribution < -0.4 is 11.1 Å². The Morgan fingerprint density at radius 1 is 1.67 bits per heavy atom. The van der Waals surface area contributed by atoms with Crippen molar-refractivity contribution in [3.63, 3.8) is 0 Å². The molecule has 3 N–H and O–H groups in total. The molecule has 0 heterocycles. The molecule has 1 amide bonds. The van der Waals surface area contributed by atoms with Crippen LogP contribution in [0.3, 0.4) is 0 Å². The van der Waals surface area contributed by atoms with Gasteiger partial charge in [-0.3, -0.25) is 10.1 Å². The van der Waals surface area contributed by atoms with Gasteiger partial charge in [-0.25, -0.2) is 0 Å². The summed E-state index contributed by atoms with van der Waals surface area (Å²) >= 11 is 0. The normalized spacial score (nSPS) is 23.9. The van der Waals surface area contributed by atoms with E-state index in [1.807, 2.05) is 18.2 Å². The van der Waals surface area contributed by atoms with Crippen molar-refractivity contribution in [1.82, 2.24) is 5.32 Å². The molecule has 0 radical (unpaired) electrons. The van der Waals surface area contributed by atoms with Crippen LogP contribution in [0.4, 0.5) is 0 Å². The molecule has 3 nitrogen and oxygen atoms in total.